The lowest BCUT2D eigenvalue weighted by molar-refractivity contribution is -0.144. The molecule has 0 saturated heterocycles. The predicted molar refractivity (Wildman–Crippen MR) is 63.6 cm³/mol. The SMILES string of the molecule is COC(=O)CCSCC(NC(C)=O)C(=O)OC. The predicted octanol–water partition coefficient (Wildman–Crippen LogP) is -0.0396. The van der Waals surface area contributed by atoms with Crippen molar-refractivity contribution in [1.82, 2.24) is 5.32 Å². The van der Waals surface area contributed by atoms with Gasteiger partial charge in [0.05, 0.1) is 20.6 Å². The Morgan fingerprint density at radius 2 is 1.88 bits per heavy atom. The van der Waals surface area contributed by atoms with Crippen LogP contribution in [0.25, 0.3) is 0 Å². The van der Waals surface area contributed by atoms with E-state index in [-0.39, 0.29) is 18.3 Å². The number of ether oxygens (including phenoxy) is 2. The van der Waals surface area contributed by atoms with E-state index in [1.807, 2.05) is 0 Å². The molecule has 17 heavy (non-hydrogen) atoms. The molecule has 0 aliphatic carbocycles. The van der Waals surface area contributed by atoms with Crippen LogP contribution in [0.2, 0.25) is 0 Å². The average molecular weight is 263 g/mol. The molecule has 0 aromatic rings. The molecule has 6 nitrogen and oxygen atoms in total. The Morgan fingerprint density at radius 1 is 1.24 bits per heavy atom. The molecule has 0 aliphatic heterocycles. The van der Waals surface area contributed by atoms with Crippen LogP contribution >= 0.6 is 11.8 Å². The van der Waals surface area contributed by atoms with Gasteiger partial charge < -0.3 is 14.8 Å². The zero-order chi connectivity index (χ0) is 13.3. The van der Waals surface area contributed by atoms with Crippen molar-refractivity contribution in [2.45, 2.75) is 19.4 Å². The summed E-state index contributed by atoms with van der Waals surface area (Å²) >= 11 is 1.37. The van der Waals surface area contributed by atoms with Crippen LogP contribution in [-0.2, 0) is 23.9 Å². The second-order valence-electron chi connectivity index (χ2n) is 3.18. The van der Waals surface area contributed by atoms with Crippen molar-refractivity contribution in [2.24, 2.45) is 0 Å². The maximum atomic E-state index is 11.3. The Kier molecular flexibility index (Phi) is 8.21. The Morgan fingerprint density at radius 3 is 2.35 bits per heavy atom. The van der Waals surface area contributed by atoms with Crippen LogP contribution in [0.15, 0.2) is 0 Å². The van der Waals surface area contributed by atoms with E-state index >= 15 is 0 Å². The first kappa shape index (κ1) is 15.8. The van der Waals surface area contributed by atoms with Crippen molar-refractivity contribution in [1.29, 1.82) is 0 Å². The summed E-state index contributed by atoms with van der Waals surface area (Å²) in [6.07, 6.45) is 0.273. The fraction of sp³-hybridized carbons (Fsp3) is 0.700. The van der Waals surface area contributed by atoms with Crippen LogP contribution < -0.4 is 5.32 Å². The highest BCUT2D eigenvalue weighted by molar-refractivity contribution is 7.99. The largest absolute Gasteiger partial charge is 0.469 e. The zero-order valence-corrected chi connectivity index (χ0v) is 11.0. The molecule has 98 valence electrons. The lowest BCUT2D eigenvalue weighted by atomic mass is 10.3. The summed E-state index contributed by atoms with van der Waals surface area (Å²) in [5, 5.41) is 2.48. The monoisotopic (exact) mass is 263 g/mol. The topological polar surface area (TPSA) is 81.7 Å². The number of carbonyl (C=O) groups is 3. The van der Waals surface area contributed by atoms with E-state index in [9.17, 15) is 14.4 Å². The summed E-state index contributed by atoms with van der Waals surface area (Å²) < 4.78 is 9.03. The number of nitrogens with one attached hydrogen (secondary N) is 1. The average Bonchev–Trinajstić information content (AvgIpc) is 2.31. The number of thioether (sulfide) groups is 1. The molecule has 0 radical (unpaired) electrons. The molecule has 1 amide bonds. The van der Waals surface area contributed by atoms with Crippen LogP contribution in [0.4, 0.5) is 0 Å². The Balaban J connectivity index is 3.95. The highest BCUT2D eigenvalue weighted by atomic mass is 32.2. The van der Waals surface area contributed by atoms with Gasteiger partial charge in [-0.15, -0.1) is 0 Å². The molecule has 0 aliphatic rings. The first-order valence-electron chi connectivity index (χ1n) is 5.00. The van der Waals surface area contributed by atoms with E-state index in [1.165, 1.54) is 32.9 Å². The summed E-state index contributed by atoms with van der Waals surface area (Å²) in [6.45, 7) is 1.33. The maximum Gasteiger partial charge on any atom is 0.329 e. The smallest absolute Gasteiger partial charge is 0.329 e. The lowest BCUT2D eigenvalue weighted by Crippen LogP contribution is -2.42. The van der Waals surface area contributed by atoms with E-state index in [4.69, 9.17) is 0 Å². The third-order valence-corrected chi connectivity index (χ3v) is 2.89. The number of esters is 2. The normalized spacial score (nSPS) is 11.5. The molecule has 0 heterocycles. The second-order valence-corrected chi connectivity index (χ2v) is 4.33. The summed E-state index contributed by atoms with van der Waals surface area (Å²) in [5.41, 5.74) is 0. The fourth-order valence-corrected chi connectivity index (χ4v) is 1.95. The molecule has 1 unspecified atom stereocenters. The third-order valence-electron chi connectivity index (χ3n) is 1.83. The van der Waals surface area contributed by atoms with Gasteiger partial charge in [-0.1, -0.05) is 0 Å². The molecule has 0 saturated carbocycles. The first-order chi connectivity index (χ1) is 8.01. The zero-order valence-electron chi connectivity index (χ0n) is 10.1. The summed E-state index contributed by atoms with van der Waals surface area (Å²) in [5.74, 6) is -0.199. The number of methoxy groups -OCH3 is 2. The number of carbonyl (C=O) groups excluding carboxylic acids is 3. The molecule has 0 bridgehead atoms. The maximum absolute atomic E-state index is 11.3. The Hall–Kier alpha value is -1.24. The first-order valence-corrected chi connectivity index (χ1v) is 6.16. The van der Waals surface area contributed by atoms with Crippen LogP contribution in [-0.4, -0.2) is 49.6 Å². The highest BCUT2D eigenvalue weighted by Crippen LogP contribution is 2.06. The molecule has 0 fully saturated rings. The van der Waals surface area contributed by atoms with Crippen molar-refractivity contribution in [3.05, 3.63) is 0 Å². The van der Waals surface area contributed by atoms with Gasteiger partial charge in [0.1, 0.15) is 6.04 Å². The molecular formula is C10H17NO5S. The Labute approximate surface area is 104 Å². The van der Waals surface area contributed by atoms with Gasteiger partial charge in [0.25, 0.3) is 0 Å². The number of amides is 1. The number of rotatable bonds is 7. The minimum atomic E-state index is -0.680. The second kappa shape index (κ2) is 8.86. The van der Waals surface area contributed by atoms with E-state index < -0.39 is 12.0 Å². The minimum absolute atomic E-state index is 0.273. The summed E-state index contributed by atoms with van der Waals surface area (Å²) in [6, 6.07) is -0.680. The quantitative estimate of drug-likeness (QED) is 0.513. The van der Waals surface area contributed by atoms with Crippen LogP contribution in [0.5, 0.6) is 0 Å². The van der Waals surface area contributed by atoms with Crippen molar-refractivity contribution in [3.8, 4) is 0 Å². The highest BCUT2D eigenvalue weighted by Gasteiger charge is 2.19. The fourth-order valence-electron chi connectivity index (χ4n) is 1.02. The minimum Gasteiger partial charge on any atom is -0.469 e. The summed E-state index contributed by atoms with van der Waals surface area (Å²) in [7, 11) is 2.58. The van der Waals surface area contributed by atoms with Gasteiger partial charge in [-0.2, -0.15) is 11.8 Å². The van der Waals surface area contributed by atoms with Crippen LogP contribution in [0.3, 0.4) is 0 Å². The molecule has 1 atom stereocenters. The van der Waals surface area contributed by atoms with Gasteiger partial charge in [-0.3, -0.25) is 9.59 Å². The van der Waals surface area contributed by atoms with Crippen molar-refractivity contribution in [2.75, 3.05) is 25.7 Å². The molecule has 0 rings (SSSR count). The van der Waals surface area contributed by atoms with Gasteiger partial charge >= 0.3 is 11.9 Å². The van der Waals surface area contributed by atoms with Crippen molar-refractivity contribution in [3.63, 3.8) is 0 Å². The van der Waals surface area contributed by atoms with E-state index in [0.29, 0.717) is 11.5 Å². The molecule has 0 spiro atoms. The summed E-state index contributed by atoms with van der Waals surface area (Å²) in [4.78, 5) is 33.0. The molecule has 7 heteroatoms. The molecule has 0 aromatic heterocycles. The number of hydrogen-bond acceptors (Lipinski definition) is 6. The third kappa shape index (κ3) is 7.62. The van der Waals surface area contributed by atoms with Gasteiger partial charge in [-0.05, 0) is 0 Å². The van der Waals surface area contributed by atoms with Gasteiger partial charge in [0.15, 0.2) is 0 Å². The Bertz CT molecular complexity index is 282. The van der Waals surface area contributed by atoms with Gasteiger partial charge in [0.2, 0.25) is 5.91 Å². The molecular weight excluding hydrogens is 246 g/mol. The van der Waals surface area contributed by atoms with E-state index in [0.717, 1.165) is 0 Å². The standard InChI is InChI=1S/C10H17NO5S/c1-7(12)11-8(10(14)16-3)6-17-5-4-9(13)15-2/h8H,4-6H2,1-3H3,(H,11,12). The van der Waals surface area contributed by atoms with Gasteiger partial charge in [0, 0.05) is 18.4 Å². The lowest BCUT2D eigenvalue weighted by Gasteiger charge is -2.14. The van der Waals surface area contributed by atoms with Crippen molar-refractivity contribution >= 4 is 29.6 Å². The number of hydrogen-bond donors (Lipinski definition) is 1. The molecule has 0 aromatic carbocycles. The van der Waals surface area contributed by atoms with Crippen LogP contribution in [0.1, 0.15) is 13.3 Å². The molecule has 1 N–H and O–H groups in total. The van der Waals surface area contributed by atoms with E-state index in [2.05, 4.69) is 14.8 Å². The van der Waals surface area contributed by atoms with Crippen molar-refractivity contribution < 1.29 is 23.9 Å². The van der Waals surface area contributed by atoms with Crippen LogP contribution in [0, 0.1) is 0 Å². The van der Waals surface area contributed by atoms with Gasteiger partial charge in [-0.25, -0.2) is 4.79 Å². The van der Waals surface area contributed by atoms with E-state index in [1.54, 1.807) is 0 Å².